The summed E-state index contributed by atoms with van der Waals surface area (Å²) in [6.45, 7) is 4.12. The van der Waals surface area contributed by atoms with Crippen molar-refractivity contribution in [3.05, 3.63) is 54.1 Å². The lowest BCUT2D eigenvalue weighted by atomic mass is 9.95. The van der Waals surface area contributed by atoms with E-state index in [0.717, 1.165) is 42.6 Å². The number of rotatable bonds is 10. The van der Waals surface area contributed by atoms with Gasteiger partial charge in [-0.25, -0.2) is 8.42 Å². The summed E-state index contributed by atoms with van der Waals surface area (Å²) >= 11 is 1.66. The average Bonchev–Trinajstić information content (AvgIpc) is 2.83. The Bertz CT molecular complexity index is 1000. The smallest absolute Gasteiger partial charge is 0.243 e. The van der Waals surface area contributed by atoms with Gasteiger partial charge in [0.2, 0.25) is 15.9 Å². The predicted octanol–water partition coefficient (Wildman–Crippen LogP) is 5.01. The molecule has 1 amide bonds. The van der Waals surface area contributed by atoms with Crippen molar-refractivity contribution in [3.63, 3.8) is 0 Å². The molecule has 33 heavy (non-hydrogen) atoms. The Hall–Kier alpha value is -2.03. The van der Waals surface area contributed by atoms with E-state index in [9.17, 15) is 13.2 Å². The van der Waals surface area contributed by atoms with Crippen molar-refractivity contribution in [2.75, 3.05) is 19.4 Å². The lowest BCUT2D eigenvalue weighted by Crippen LogP contribution is -2.47. The summed E-state index contributed by atoms with van der Waals surface area (Å²) in [5.41, 5.74) is 0.986. The van der Waals surface area contributed by atoms with Gasteiger partial charge in [-0.05, 0) is 74.9 Å². The van der Waals surface area contributed by atoms with Gasteiger partial charge in [-0.2, -0.15) is 4.31 Å². The predicted molar refractivity (Wildman–Crippen MR) is 133 cm³/mol. The van der Waals surface area contributed by atoms with E-state index in [0.29, 0.717) is 12.4 Å². The van der Waals surface area contributed by atoms with E-state index < -0.39 is 10.0 Å². The molecular weight excluding hydrogens is 456 g/mol. The maximum Gasteiger partial charge on any atom is 0.243 e. The molecule has 0 spiro atoms. The van der Waals surface area contributed by atoms with E-state index in [1.54, 1.807) is 36.0 Å². The Balaban J connectivity index is 1.77. The molecule has 1 aliphatic carbocycles. The van der Waals surface area contributed by atoms with Gasteiger partial charge in [0.05, 0.1) is 24.1 Å². The van der Waals surface area contributed by atoms with Crippen LogP contribution in [-0.4, -0.2) is 44.1 Å². The molecule has 1 N–H and O–H groups in total. The second kappa shape index (κ2) is 11.9. The van der Waals surface area contributed by atoms with Crippen LogP contribution in [0.5, 0.6) is 5.75 Å². The van der Waals surface area contributed by atoms with Gasteiger partial charge in [0.15, 0.2) is 0 Å². The summed E-state index contributed by atoms with van der Waals surface area (Å²) in [7, 11) is -3.82. The van der Waals surface area contributed by atoms with E-state index in [-0.39, 0.29) is 29.4 Å². The quantitative estimate of drug-likeness (QED) is 0.474. The maximum atomic E-state index is 13.6. The fourth-order valence-corrected chi connectivity index (χ4v) is 6.24. The minimum atomic E-state index is -3.82. The van der Waals surface area contributed by atoms with E-state index in [2.05, 4.69) is 5.32 Å². The standard InChI is InChI=1S/C25H34N2O4S2/c1-4-31-22-12-16-24(17-13-22)33(29,30)27(21-8-6-5-7-9-21)18-25(28)26-19(2)20-10-14-23(32-3)15-11-20/h10-17,19,21H,4-9,18H2,1-3H3,(H,26,28). The maximum absolute atomic E-state index is 13.6. The summed E-state index contributed by atoms with van der Waals surface area (Å²) in [4.78, 5) is 14.3. The van der Waals surface area contributed by atoms with Crippen LogP contribution in [0.1, 0.15) is 57.6 Å². The monoisotopic (exact) mass is 490 g/mol. The summed E-state index contributed by atoms with van der Waals surface area (Å²) in [5, 5.41) is 2.98. The number of hydrogen-bond donors (Lipinski definition) is 1. The molecule has 0 heterocycles. The van der Waals surface area contributed by atoms with Crippen LogP contribution in [0.2, 0.25) is 0 Å². The van der Waals surface area contributed by atoms with Crippen molar-refractivity contribution in [1.29, 1.82) is 0 Å². The van der Waals surface area contributed by atoms with Crippen molar-refractivity contribution in [2.45, 2.75) is 67.8 Å². The third-order valence-corrected chi connectivity index (χ3v) is 8.67. The first-order valence-corrected chi connectivity index (χ1v) is 14.2. The van der Waals surface area contributed by atoms with Crippen molar-refractivity contribution in [3.8, 4) is 5.75 Å². The third-order valence-electron chi connectivity index (χ3n) is 6.02. The minimum Gasteiger partial charge on any atom is -0.494 e. The van der Waals surface area contributed by atoms with Gasteiger partial charge in [-0.1, -0.05) is 31.4 Å². The van der Waals surface area contributed by atoms with Gasteiger partial charge >= 0.3 is 0 Å². The fraction of sp³-hybridized carbons (Fsp3) is 0.480. The molecule has 0 bridgehead atoms. The van der Waals surface area contributed by atoms with Crippen LogP contribution < -0.4 is 10.1 Å². The number of amides is 1. The Morgan fingerprint density at radius 2 is 1.73 bits per heavy atom. The second-order valence-electron chi connectivity index (χ2n) is 8.31. The fourth-order valence-electron chi connectivity index (χ4n) is 4.19. The Morgan fingerprint density at radius 3 is 2.30 bits per heavy atom. The van der Waals surface area contributed by atoms with Gasteiger partial charge < -0.3 is 10.1 Å². The minimum absolute atomic E-state index is 0.169. The van der Waals surface area contributed by atoms with E-state index in [1.165, 1.54) is 4.31 Å². The largest absolute Gasteiger partial charge is 0.494 e. The average molecular weight is 491 g/mol. The van der Waals surface area contributed by atoms with Crippen LogP contribution in [-0.2, 0) is 14.8 Å². The molecule has 0 saturated heterocycles. The first kappa shape index (κ1) is 25.6. The molecule has 1 saturated carbocycles. The number of sulfonamides is 1. The van der Waals surface area contributed by atoms with Crippen LogP contribution in [0.4, 0.5) is 0 Å². The number of thioether (sulfide) groups is 1. The number of nitrogens with zero attached hydrogens (tertiary/aromatic N) is 1. The molecule has 1 aliphatic rings. The van der Waals surface area contributed by atoms with Crippen LogP contribution in [0.25, 0.3) is 0 Å². The molecule has 3 rings (SSSR count). The summed E-state index contributed by atoms with van der Waals surface area (Å²) < 4.78 is 34.0. The Kier molecular flexibility index (Phi) is 9.23. The van der Waals surface area contributed by atoms with E-state index >= 15 is 0 Å². The molecule has 0 aliphatic heterocycles. The summed E-state index contributed by atoms with van der Waals surface area (Å²) in [6, 6.07) is 14.1. The van der Waals surface area contributed by atoms with Crippen molar-refractivity contribution in [1.82, 2.24) is 9.62 Å². The molecule has 1 unspecified atom stereocenters. The third kappa shape index (κ3) is 6.74. The topological polar surface area (TPSA) is 75.7 Å². The molecule has 2 aromatic rings. The molecule has 1 atom stereocenters. The molecule has 6 nitrogen and oxygen atoms in total. The number of nitrogens with one attached hydrogen (secondary N) is 1. The van der Waals surface area contributed by atoms with Crippen molar-refractivity contribution >= 4 is 27.7 Å². The first-order valence-electron chi connectivity index (χ1n) is 11.5. The number of carbonyl (C=O) groups excluding carboxylic acids is 1. The van der Waals surface area contributed by atoms with Gasteiger partial charge in [-0.15, -0.1) is 11.8 Å². The number of benzene rings is 2. The molecule has 0 aromatic heterocycles. The lowest BCUT2D eigenvalue weighted by Gasteiger charge is -2.33. The Morgan fingerprint density at radius 1 is 1.09 bits per heavy atom. The van der Waals surface area contributed by atoms with Crippen molar-refractivity contribution in [2.24, 2.45) is 0 Å². The molecule has 1 fully saturated rings. The number of carbonyl (C=O) groups is 1. The zero-order chi connectivity index (χ0) is 23.8. The number of ether oxygens (including phenoxy) is 1. The van der Waals surface area contributed by atoms with Gasteiger partial charge in [0, 0.05) is 10.9 Å². The molecule has 180 valence electrons. The highest BCUT2D eigenvalue weighted by Gasteiger charge is 2.34. The molecule has 2 aromatic carbocycles. The SMILES string of the molecule is CCOc1ccc(S(=O)(=O)N(CC(=O)NC(C)c2ccc(SC)cc2)C2CCCCC2)cc1. The zero-order valence-corrected chi connectivity index (χ0v) is 21.3. The van der Waals surface area contributed by atoms with Crippen LogP contribution in [0.15, 0.2) is 58.3 Å². The summed E-state index contributed by atoms with van der Waals surface area (Å²) in [5.74, 6) is 0.330. The normalized spacial score (nSPS) is 15.9. The van der Waals surface area contributed by atoms with Crippen LogP contribution >= 0.6 is 11.8 Å². The van der Waals surface area contributed by atoms with Gasteiger partial charge in [0.1, 0.15) is 5.75 Å². The molecular formula is C25H34N2O4S2. The van der Waals surface area contributed by atoms with E-state index in [1.807, 2.05) is 44.4 Å². The first-order chi connectivity index (χ1) is 15.8. The van der Waals surface area contributed by atoms with Crippen molar-refractivity contribution < 1.29 is 17.9 Å². The summed E-state index contributed by atoms with van der Waals surface area (Å²) in [6.07, 6.45) is 6.61. The van der Waals surface area contributed by atoms with E-state index in [4.69, 9.17) is 4.74 Å². The highest BCUT2D eigenvalue weighted by atomic mass is 32.2. The Labute approximate surface area is 202 Å². The number of hydrogen-bond acceptors (Lipinski definition) is 5. The van der Waals surface area contributed by atoms with Gasteiger partial charge in [0.25, 0.3) is 0 Å². The highest BCUT2D eigenvalue weighted by molar-refractivity contribution is 7.98. The zero-order valence-electron chi connectivity index (χ0n) is 19.6. The van der Waals surface area contributed by atoms with Gasteiger partial charge in [-0.3, -0.25) is 4.79 Å². The second-order valence-corrected chi connectivity index (χ2v) is 11.1. The highest BCUT2D eigenvalue weighted by Crippen LogP contribution is 2.29. The lowest BCUT2D eigenvalue weighted by molar-refractivity contribution is -0.122. The molecule has 8 heteroatoms. The van der Waals surface area contributed by atoms with Crippen LogP contribution in [0, 0.1) is 0 Å². The van der Waals surface area contributed by atoms with Crippen LogP contribution in [0.3, 0.4) is 0 Å². The molecule has 0 radical (unpaired) electrons.